The van der Waals surface area contributed by atoms with Crippen LogP contribution in [0.4, 0.5) is 14.6 Å². The number of nitrogen functional groups attached to an aromatic ring is 1. The van der Waals surface area contributed by atoms with Crippen LogP contribution in [0.25, 0.3) is 16.7 Å². The minimum atomic E-state index is -1.12. The van der Waals surface area contributed by atoms with Crippen LogP contribution in [0.15, 0.2) is 35.1 Å². The monoisotopic (exact) mass is 314 g/mol. The Morgan fingerprint density at radius 1 is 1.13 bits per heavy atom. The van der Waals surface area contributed by atoms with Crippen LogP contribution in [0.2, 0.25) is 0 Å². The van der Waals surface area contributed by atoms with E-state index < -0.39 is 17.3 Å². The summed E-state index contributed by atoms with van der Waals surface area (Å²) in [6, 6.07) is 7.16. The van der Waals surface area contributed by atoms with Crippen molar-refractivity contribution in [3.63, 3.8) is 0 Å². The van der Waals surface area contributed by atoms with Crippen molar-refractivity contribution in [1.82, 2.24) is 14.5 Å². The predicted octanol–water partition coefficient (Wildman–Crippen LogP) is 2.52. The maximum atomic E-state index is 14.1. The van der Waals surface area contributed by atoms with Crippen molar-refractivity contribution in [2.45, 2.75) is 18.8 Å². The van der Waals surface area contributed by atoms with E-state index in [2.05, 4.69) is 9.97 Å². The number of rotatable bonds is 2. The molecule has 116 valence electrons. The molecular formula is C16H12F2N4O. The average Bonchev–Trinajstić information content (AvgIpc) is 3.35. The van der Waals surface area contributed by atoms with Crippen LogP contribution in [-0.2, 0) is 0 Å². The average molecular weight is 314 g/mol. The summed E-state index contributed by atoms with van der Waals surface area (Å²) in [5.74, 6) is -1.80. The number of aromatic nitrogens is 3. The topological polar surface area (TPSA) is 73.8 Å². The van der Waals surface area contributed by atoms with Crippen LogP contribution in [0, 0.1) is 11.6 Å². The summed E-state index contributed by atoms with van der Waals surface area (Å²) in [5, 5.41) is 0.428. The molecule has 3 aromatic rings. The molecule has 5 nitrogen and oxygen atoms in total. The van der Waals surface area contributed by atoms with Gasteiger partial charge in [0.2, 0.25) is 0 Å². The zero-order chi connectivity index (χ0) is 16.1. The number of pyridine rings is 1. The van der Waals surface area contributed by atoms with Gasteiger partial charge >= 0.3 is 5.69 Å². The Hall–Kier alpha value is -2.83. The van der Waals surface area contributed by atoms with Crippen LogP contribution in [0.3, 0.4) is 0 Å². The molecule has 0 unspecified atom stereocenters. The van der Waals surface area contributed by atoms with Crippen molar-refractivity contribution in [2.75, 3.05) is 5.73 Å². The molecule has 2 aromatic heterocycles. The minimum Gasteiger partial charge on any atom is -0.383 e. The van der Waals surface area contributed by atoms with Gasteiger partial charge in [0.25, 0.3) is 0 Å². The smallest absolute Gasteiger partial charge is 0.355 e. The van der Waals surface area contributed by atoms with Crippen molar-refractivity contribution >= 4 is 16.9 Å². The molecule has 0 amide bonds. The summed E-state index contributed by atoms with van der Waals surface area (Å²) >= 11 is 0. The lowest BCUT2D eigenvalue weighted by Crippen LogP contribution is -2.25. The Kier molecular flexibility index (Phi) is 2.90. The molecule has 0 spiro atoms. The van der Waals surface area contributed by atoms with E-state index in [9.17, 15) is 13.6 Å². The lowest BCUT2D eigenvalue weighted by molar-refractivity contribution is 0.504. The normalized spacial score (nSPS) is 14.3. The first-order valence-corrected chi connectivity index (χ1v) is 7.20. The molecule has 1 aromatic carbocycles. The number of nitrogens with two attached hydrogens (primary N) is 1. The number of hydrogen-bond acceptors (Lipinski definition) is 4. The molecule has 0 aliphatic heterocycles. The molecule has 1 aliphatic carbocycles. The molecule has 0 atom stereocenters. The van der Waals surface area contributed by atoms with E-state index in [1.54, 1.807) is 6.07 Å². The van der Waals surface area contributed by atoms with E-state index in [-0.39, 0.29) is 17.2 Å². The molecular weight excluding hydrogens is 302 g/mol. The first-order chi connectivity index (χ1) is 11.1. The van der Waals surface area contributed by atoms with Gasteiger partial charge in [0, 0.05) is 11.6 Å². The summed E-state index contributed by atoms with van der Waals surface area (Å²) in [7, 11) is 0. The molecule has 2 heterocycles. The van der Waals surface area contributed by atoms with Gasteiger partial charge in [-0.2, -0.15) is 4.98 Å². The minimum absolute atomic E-state index is 0.0212. The fourth-order valence-electron chi connectivity index (χ4n) is 2.63. The Bertz CT molecular complexity index is 995. The second kappa shape index (κ2) is 4.84. The molecule has 7 heteroatoms. The number of hydrogen-bond donors (Lipinski definition) is 1. The largest absolute Gasteiger partial charge is 0.383 e. The third-order valence-electron chi connectivity index (χ3n) is 3.96. The second-order valence-electron chi connectivity index (χ2n) is 5.57. The van der Waals surface area contributed by atoms with Crippen LogP contribution in [0.1, 0.15) is 24.5 Å². The van der Waals surface area contributed by atoms with E-state index in [1.165, 1.54) is 12.1 Å². The second-order valence-corrected chi connectivity index (χ2v) is 5.57. The van der Waals surface area contributed by atoms with Crippen LogP contribution in [0.5, 0.6) is 0 Å². The number of anilines is 1. The number of benzene rings is 1. The summed E-state index contributed by atoms with van der Waals surface area (Å²) in [5.41, 5.74) is 5.77. The van der Waals surface area contributed by atoms with Gasteiger partial charge in [-0.15, -0.1) is 0 Å². The van der Waals surface area contributed by atoms with Gasteiger partial charge in [-0.3, -0.25) is 0 Å². The van der Waals surface area contributed by atoms with Crippen molar-refractivity contribution in [3.05, 3.63) is 58.1 Å². The highest BCUT2D eigenvalue weighted by Gasteiger charge is 2.26. The standard InChI is InChI=1S/C16H12F2N4O/c17-10-2-1-3-12(13(10)18)22-15-9(14(19)21-16(22)23)6-7-11(20-15)8-4-5-8/h1-3,6-8H,4-5H2,(H2,19,21,23). The Labute approximate surface area is 129 Å². The number of nitrogens with zero attached hydrogens (tertiary/aromatic N) is 3. The maximum Gasteiger partial charge on any atom is 0.355 e. The predicted molar refractivity (Wildman–Crippen MR) is 81.4 cm³/mol. The highest BCUT2D eigenvalue weighted by Crippen LogP contribution is 2.39. The number of halogens is 2. The van der Waals surface area contributed by atoms with Crippen molar-refractivity contribution in [3.8, 4) is 5.69 Å². The number of fused-ring (bicyclic) bond motifs is 1. The maximum absolute atomic E-state index is 14.1. The van der Waals surface area contributed by atoms with Crippen LogP contribution >= 0.6 is 0 Å². The van der Waals surface area contributed by atoms with Gasteiger partial charge in [-0.1, -0.05) is 6.07 Å². The Morgan fingerprint density at radius 3 is 2.65 bits per heavy atom. The first kappa shape index (κ1) is 13.8. The van der Waals surface area contributed by atoms with Gasteiger partial charge in [0.1, 0.15) is 5.82 Å². The van der Waals surface area contributed by atoms with Crippen molar-refractivity contribution in [2.24, 2.45) is 0 Å². The van der Waals surface area contributed by atoms with Gasteiger partial charge in [-0.25, -0.2) is 23.1 Å². The SMILES string of the molecule is Nc1nc(=O)n(-c2cccc(F)c2F)c2nc(C3CC3)ccc12. The van der Waals surface area contributed by atoms with Crippen molar-refractivity contribution in [1.29, 1.82) is 0 Å². The van der Waals surface area contributed by atoms with Crippen molar-refractivity contribution < 1.29 is 8.78 Å². The zero-order valence-electron chi connectivity index (χ0n) is 12.0. The van der Waals surface area contributed by atoms with Crippen LogP contribution in [-0.4, -0.2) is 14.5 Å². The van der Waals surface area contributed by atoms with Gasteiger partial charge < -0.3 is 5.73 Å². The first-order valence-electron chi connectivity index (χ1n) is 7.20. The molecule has 0 radical (unpaired) electrons. The van der Waals surface area contributed by atoms with E-state index in [0.717, 1.165) is 29.2 Å². The van der Waals surface area contributed by atoms with E-state index in [0.29, 0.717) is 11.3 Å². The Balaban J connectivity index is 2.10. The molecule has 1 fully saturated rings. The summed E-state index contributed by atoms with van der Waals surface area (Å²) in [6.45, 7) is 0. The van der Waals surface area contributed by atoms with E-state index >= 15 is 0 Å². The fourth-order valence-corrected chi connectivity index (χ4v) is 2.63. The lowest BCUT2D eigenvalue weighted by atomic mass is 10.2. The third kappa shape index (κ3) is 2.16. The van der Waals surface area contributed by atoms with E-state index in [1.807, 2.05) is 6.07 Å². The molecule has 0 bridgehead atoms. The molecule has 0 saturated heterocycles. The highest BCUT2D eigenvalue weighted by atomic mass is 19.2. The quantitative estimate of drug-likeness (QED) is 0.789. The molecule has 1 aliphatic rings. The van der Waals surface area contributed by atoms with Gasteiger partial charge in [0.05, 0.1) is 11.1 Å². The lowest BCUT2D eigenvalue weighted by Gasteiger charge is -2.12. The summed E-state index contributed by atoms with van der Waals surface area (Å²) in [6.07, 6.45) is 2.05. The molecule has 23 heavy (non-hydrogen) atoms. The van der Waals surface area contributed by atoms with E-state index in [4.69, 9.17) is 5.73 Å². The van der Waals surface area contributed by atoms with Crippen LogP contribution < -0.4 is 11.4 Å². The van der Waals surface area contributed by atoms with Gasteiger partial charge in [0.15, 0.2) is 17.3 Å². The molecule has 4 rings (SSSR count). The third-order valence-corrected chi connectivity index (χ3v) is 3.96. The fraction of sp³-hybridized carbons (Fsp3) is 0.188. The molecule has 2 N–H and O–H groups in total. The summed E-state index contributed by atoms with van der Waals surface area (Å²) < 4.78 is 28.7. The Morgan fingerprint density at radius 2 is 1.91 bits per heavy atom. The molecule has 1 saturated carbocycles. The summed E-state index contributed by atoms with van der Waals surface area (Å²) in [4.78, 5) is 20.4. The highest BCUT2D eigenvalue weighted by molar-refractivity contribution is 5.86. The van der Waals surface area contributed by atoms with Gasteiger partial charge in [-0.05, 0) is 37.1 Å². The zero-order valence-corrected chi connectivity index (χ0v) is 12.0.